The van der Waals surface area contributed by atoms with Gasteiger partial charge in [0.25, 0.3) is 0 Å². The fourth-order valence-corrected chi connectivity index (χ4v) is 2.88. The Kier molecular flexibility index (Phi) is 2.26. The number of nitrogens with zero attached hydrogens (tertiary/aromatic N) is 1. The predicted molar refractivity (Wildman–Crippen MR) is 66.3 cm³/mol. The third-order valence-electron chi connectivity index (χ3n) is 3.63. The molecule has 0 saturated heterocycles. The van der Waals surface area contributed by atoms with Gasteiger partial charge in [0.05, 0.1) is 13.2 Å². The summed E-state index contributed by atoms with van der Waals surface area (Å²) in [5, 5.41) is 9.30. The summed E-state index contributed by atoms with van der Waals surface area (Å²) in [6.07, 6.45) is 5.42. The van der Waals surface area contributed by atoms with Crippen LogP contribution in [0.5, 0.6) is 5.75 Å². The van der Waals surface area contributed by atoms with E-state index in [0.29, 0.717) is 11.8 Å². The van der Waals surface area contributed by atoms with Gasteiger partial charge in [-0.05, 0) is 18.1 Å². The molecule has 0 aromatic heterocycles. The SMILES string of the molecule is COc1ccccc1C1=C(C#N)C2C=CC1C2. The number of fused-ring (bicyclic) bond motifs is 2. The maximum atomic E-state index is 9.30. The minimum atomic E-state index is 0.324. The molecule has 0 N–H and O–H groups in total. The Bertz CT molecular complexity index is 563. The summed E-state index contributed by atoms with van der Waals surface area (Å²) in [6.45, 7) is 0. The molecular weight excluding hydrogens is 210 g/mol. The van der Waals surface area contributed by atoms with Crippen molar-refractivity contribution in [1.29, 1.82) is 5.26 Å². The van der Waals surface area contributed by atoms with Crippen LogP contribution >= 0.6 is 0 Å². The maximum Gasteiger partial charge on any atom is 0.126 e. The molecule has 0 spiro atoms. The minimum absolute atomic E-state index is 0.324. The Balaban J connectivity index is 2.16. The summed E-state index contributed by atoms with van der Waals surface area (Å²) >= 11 is 0. The normalized spacial score (nSPS) is 25.2. The average Bonchev–Trinajstić information content (AvgIpc) is 2.98. The zero-order valence-electron chi connectivity index (χ0n) is 9.68. The van der Waals surface area contributed by atoms with Gasteiger partial charge >= 0.3 is 0 Å². The lowest BCUT2D eigenvalue weighted by Gasteiger charge is -2.15. The molecule has 84 valence electrons. The first-order chi connectivity index (χ1) is 8.35. The molecule has 0 amide bonds. The van der Waals surface area contributed by atoms with Gasteiger partial charge in [-0.2, -0.15) is 5.26 Å². The molecular formula is C15H13NO. The fourth-order valence-electron chi connectivity index (χ4n) is 2.88. The second-order valence-corrected chi connectivity index (χ2v) is 4.47. The molecule has 2 unspecified atom stereocenters. The van der Waals surface area contributed by atoms with Crippen molar-refractivity contribution >= 4 is 5.57 Å². The number of nitriles is 1. The molecule has 2 heteroatoms. The topological polar surface area (TPSA) is 33.0 Å². The van der Waals surface area contributed by atoms with E-state index in [0.717, 1.165) is 28.9 Å². The molecule has 17 heavy (non-hydrogen) atoms. The van der Waals surface area contributed by atoms with Gasteiger partial charge in [0, 0.05) is 23.0 Å². The summed E-state index contributed by atoms with van der Waals surface area (Å²) in [6, 6.07) is 10.3. The number of hydrogen-bond acceptors (Lipinski definition) is 2. The molecule has 2 atom stereocenters. The van der Waals surface area contributed by atoms with E-state index < -0.39 is 0 Å². The Morgan fingerprint density at radius 1 is 1.24 bits per heavy atom. The van der Waals surface area contributed by atoms with Crippen molar-refractivity contribution in [2.45, 2.75) is 6.42 Å². The van der Waals surface area contributed by atoms with E-state index in [2.05, 4.69) is 18.2 Å². The first-order valence-corrected chi connectivity index (χ1v) is 5.81. The van der Waals surface area contributed by atoms with Gasteiger partial charge in [0.1, 0.15) is 5.75 Å². The van der Waals surface area contributed by atoms with Crippen molar-refractivity contribution in [2.24, 2.45) is 11.8 Å². The fraction of sp³-hybridized carbons (Fsp3) is 0.267. The van der Waals surface area contributed by atoms with Crippen LogP contribution in [-0.4, -0.2) is 7.11 Å². The molecule has 3 rings (SSSR count). The van der Waals surface area contributed by atoms with E-state index >= 15 is 0 Å². The molecule has 1 aromatic rings. The Morgan fingerprint density at radius 3 is 2.76 bits per heavy atom. The highest BCUT2D eigenvalue weighted by molar-refractivity contribution is 5.82. The smallest absolute Gasteiger partial charge is 0.126 e. The summed E-state index contributed by atoms with van der Waals surface area (Å²) < 4.78 is 5.39. The number of methoxy groups -OCH3 is 1. The van der Waals surface area contributed by atoms with Gasteiger partial charge in [0.2, 0.25) is 0 Å². The van der Waals surface area contributed by atoms with Gasteiger partial charge in [-0.1, -0.05) is 30.4 Å². The number of benzene rings is 1. The highest BCUT2D eigenvalue weighted by atomic mass is 16.5. The molecule has 2 bridgehead atoms. The quantitative estimate of drug-likeness (QED) is 0.721. The number of ether oxygens (including phenoxy) is 1. The number of rotatable bonds is 2. The molecule has 0 aliphatic heterocycles. The summed E-state index contributed by atoms with van der Waals surface area (Å²) in [4.78, 5) is 0. The minimum Gasteiger partial charge on any atom is -0.496 e. The van der Waals surface area contributed by atoms with Crippen LogP contribution in [0.25, 0.3) is 5.57 Å². The van der Waals surface area contributed by atoms with Crippen LogP contribution in [0, 0.1) is 23.2 Å². The molecule has 1 aromatic carbocycles. The van der Waals surface area contributed by atoms with Crippen LogP contribution in [0.15, 0.2) is 42.0 Å². The summed E-state index contributed by atoms with van der Waals surface area (Å²) in [5.74, 6) is 1.58. The van der Waals surface area contributed by atoms with Crippen molar-refractivity contribution in [1.82, 2.24) is 0 Å². The second kappa shape index (κ2) is 3.78. The van der Waals surface area contributed by atoms with Crippen LogP contribution in [0.1, 0.15) is 12.0 Å². The molecule has 2 aliphatic rings. The third-order valence-corrected chi connectivity index (χ3v) is 3.63. The van der Waals surface area contributed by atoms with E-state index in [1.54, 1.807) is 7.11 Å². The van der Waals surface area contributed by atoms with Crippen molar-refractivity contribution in [3.8, 4) is 11.8 Å². The molecule has 2 nitrogen and oxygen atoms in total. The Labute approximate surface area is 101 Å². The van der Waals surface area contributed by atoms with Crippen LogP contribution in [0.3, 0.4) is 0 Å². The summed E-state index contributed by atoms with van der Waals surface area (Å²) in [5.41, 5.74) is 3.16. The molecule has 0 fully saturated rings. The van der Waals surface area contributed by atoms with E-state index in [1.165, 1.54) is 0 Å². The average molecular weight is 223 g/mol. The van der Waals surface area contributed by atoms with Gasteiger partial charge in [0.15, 0.2) is 0 Å². The maximum absolute atomic E-state index is 9.30. The van der Waals surface area contributed by atoms with E-state index in [-0.39, 0.29) is 0 Å². The molecule has 0 radical (unpaired) electrons. The molecule has 2 aliphatic carbocycles. The van der Waals surface area contributed by atoms with E-state index in [4.69, 9.17) is 4.74 Å². The van der Waals surface area contributed by atoms with E-state index in [9.17, 15) is 5.26 Å². The van der Waals surface area contributed by atoms with Crippen molar-refractivity contribution < 1.29 is 4.74 Å². The Morgan fingerprint density at radius 2 is 2.00 bits per heavy atom. The number of para-hydroxylation sites is 1. The lowest BCUT2D eigenvalue weighted by atomic mass is 9.91. The van der Waals surface area contributed by atoms with Crippen LogP contribution in [-0.2, 0) is 0 Å². The summed E-state index contributed by atoms with van der Waals surface area (Å²) in [7, 11) is 1.68. The second-order valence-electron chi connectivity index (χ2n) is 4.47. The zero-order chi connectivity index (χ0) is 11.8. The predicted octanol–water partition coefficient (Wildman–Crippen LogP) is 3.18. The van der Waals surface area contributed by atoms with Gasteiger partial charge < -0.3 is 4.74 Å². The van der Waals surface area contributed by atoms with Crippen molar-refractivity contribution in [3.05, 3.63) is 47.6 Å². The first-order valence-electron chi connectivity index (χ1n) is 5.81. The molecule has 0 saturated carbocycles. The van der Waals surface area contributed by atoms with Gasteiger partial charge in [-0.3, -0.25) is 0 Å². The van der Waals surface area contributed by atoms with Gasteiger partial charge in [-0.15, -0.1) is 0 Å². The lowest BCUT2D eigenvalue weighted by Crippen LogP contribution is -1.99. The monoisotopic (exact) mass is 223 g/mol. The van der Waals surface area contributed by atoms with Crippen molar-refractivity contribution in [3.63, 3.8) is 0 Å². The van der Waals surface area contributed by atoms with Crippen molar-refractivity contribution in [2.75, 3.05) is 7.11 Å². The van der Waals surface area contributed by atoms with E-state index in [1.807, 2.05) is 24.3 Å². The lowest BCUT2D eigenvalue weighted by molar-refractivity contribution is 0.413. The molecule has 0 heterocycles. The first kappa shape index (κ1) is 10.2. The van der Waals surface area contributed by atoms with Crippen LogP contribution in [0.2, 0.25) is 0 Å². The number of hydrogen-bond donors (Lipinski definition) is 0. The zero-order valence-corrected chi connectivity index (χ0v) is 9.68. The van der Waals surface area contributed by atoms with Crippen LogP contribution in [0.4, 0.5) is 0 Å². The Hall–Kier alpha value is -2.01. The van der Waals surface area contributed by atoms with Gasteiger partial charge in [-0.25, -0.2) is 0 Å². The number of allylic oxidation sites excluding steroid dienone is 4. The highest BCUT2D eigenvalue weighted by Crippen LogP contribution is 2.49. The highest BCUT2D eigenvalue weighted by Gasteiger charge is 2.36. The standard InChI is InChI=1S/C15H13NO/c1-17-14-5-3-2-4-12(14)15-11-7-6-10(8-11)13(15)9-16/h2-7,10-11H,8H2,1H3. The van der Waals surface area contributed by atoms with Crippen LogP contribution < -0.4 is 4.74 Å². The largest absolute Gasteiger partial charge is 0.496 e. The third kappa shape index (κ3) is 1.39.